The van der Waals surface area contributed by atoms with Crippen LogP contribution < -0.4 is 0 Å². The summed E-state index contributed by atoms with van der Waals surface area (Å²) in [7, 11) is 0. The summed E-state index contributed by atoms with van der Waals surface area (Å²) >= 11 is 1.66. The molecule has 0 aromatic carbocycles. The first-order chi connectivity index (χ1) is 8.99. The second kappa shape index (κ2) is 6.13. The van der Waals surface area contributed by atoms with Gasteiger partial charge in [-0.3, -0.25) is 9.69 Å². The standard InChI is InChI=1S/C14H21NO3S/c1-9-5-15(6-12(8-16)18-9)7-14(17)13-4-10(2)19-11(13)3/h4,9,12,16H,5-8H2,1-3H3. The van der Waals surface area contributed by atoms with Crippen molar-refractivity contribution in [1.82, 2.24) is 4.90 Å². The van der Waals surface area contributed by atoms with E-state index >= 15 is 0 Å². The summed E-state index contributed by atoms with van der Waals surface area (Å²) in [6, 6.07) is 1.97. The quantitative estimate of drug-likeness (QED) is 0.853. The molecule has 0 aliphatic carbocycles. The van der Waals surface area contributed by atoms with E-state index in [1.54, 1.807) is 11.3 Å². The summed E-state index contributed by atoms with van der Waals surface area (Å²) in [6.45, 7) is 7.75. The number of thiophene rings is 1. The summed E-state index contributed by atoms with van der Waals surface area (Å²) < 4.78 is 5.58. The number of carbonyl (C=O) groups excluding carboxylic acids is 1. The highest BCUT2D eigenvalue weighted by molar-refractivity contribution is 7.12. The number of Topliss-reactive ketones (excluding diaryl/α,β-unsaturated/α-hetero) is 1. The molecule has 19 heavy (non-hydrogen) atoms. The molecule has 2 atom stereocenters. The van der Waals surface area contributed by atoms with Crippen LogP contribution in [0.1, 0.15) is 27.0 Å². The van der Waals surface area contributed by atoms with Crippen molar-refractivity contribution in [3.8, 4) is 0 Å². The van der Waals surface area contributed by atoms with Crippen molar-refractivity contribution in [3.63, 3.8) is 0 Å². The van der Waals surface area contributed by atoms with Gasteiger partial charge in [-0.15, -0.1) is 11.3 Å². The van der Waals surface area contributed by atoms with Crippen molar-refractivity contribution in [2.24, 2.45) is 0 Å². The van der Waals surface area contributed by atoms with Gasteiger partial charge in [0.1, 0.15) is 0 Å². The normalized spacial score (nSPS) is 24.6. The molecule has 4 nitrogen and oxygen atoms in total. The predicted molar refractivity (Wildman–Crippen MR) is 76.0 cm³/mol. The highest BCUT2D eigenvalue weighted by Crippen LogP contribution is 2.21. The van der Waals surface area contributed by atoms with E-state index in [0.717, 1.165) is 17.0 Å². The number of ketones is 1. The zero-order valence-electron chi connectivity index (χ0n) is 11.7. The number of nitrogens with zero attached hydrogens (tertiary/aromatic N) is 1. The maximum atomic E-state index is 12.3. The summed E-state index contributed by atoms with van der Waals surface area (Å²) in [6.07, 6.45) is -0.120. The lowest BCUT2D eigenvalue weighted by Crippen LogP contribution is -2.49. The smallest absolute Gasteiger partial charge is 0.177 e. The fourth-order valence-corrected chi connectivity index (χ4v) is 3.51. The largest absolute Gasteiger partial charge is 0.394 e. The third-order valence-electron chi connectivity index (χ3n) is 3.31. The van der Waals surface area contributed by atoms with Crippen LogP contribution in [0, 0.1) is 13.8 Å². The molecule has 2 unspecified atom stereocenters. The molecule has 1 aromatic heterocycles. The molecule has 106 valence electrons. The van der Waals surface area contributed by atoms with Crippen LogP contribution in [0.3, 0.4) is 0 Å². The van der Waals surface area contributed by atoms with Gasteiger partial charge in [-0.25, -0.2) is 0 Å². The summed E-state index contributed by atoms with van der Waals surface area (Å²) in [5, 5.41) is 9.19. The molecule has 0 bridgehead atoms. The monoisotopic (exact) mass is 283 g/mol. The molecule has 2 heterocycles. The molecule has 1 aliphatic rings. The van der Waals surface area contributed by atoms with Gasteiger partial charge in [0.15, 0.2) is 5.78 Å². The molecule has 1 N–H and O–H groups in total. The van der Waals surface area contributed by atoms with Crippen LogP contribution >= 0.6 is 11.3 Å². The number of ether oxygens (including phenoxy) is 1. The van der Waals surface area contributed by atoms with E-state index in [0.29, 0.717) is 13.1 Å². The minimum atomic E-state index is -0.179. The maximum Gasteiger partial charge on any atom is 0.177 e. The van der Waals surface area contributed by atoms with E-state index in [1.165, 1.54) is 4.88 Å². The molecule has 1 aromatic rings. The van der Waals surface area contributed by atoms with Crippen LogP contribution in [-0.4, -0.2) is 54.2 Å². The Balaban J connectivity index is 2.00. The molecule has 1 aliphatic heterocycles. The first kappa shape index (κ1) is 14.7. The Hall–Kier alpha value is -0.750. The van der Waals surface area contributed by atoms with Gasteiger partial charge in [0.05, 0.1) is 25.4 Å². The first-order valence-corrected chi connectivity index (χ1v) is 7.40. The van der Waals surface area contributed by atoms with Gasteiger partial charge in [-0.1, -0.05) is 0 Å². The van der Waals surface area contributed by atoms with Gasteiger partial charge < -0.3 is 9.84 Å². The lowest BCUT2D eigenvalue weighted by atomic mass is 10.1. The second-order valence-corrected chi connectivity index (χ2v) is 6.66. The van der Waals surface area contributed by atoms with Gasteiger partial charge in [0.2, 0.25) is 0 Å². The van der Waals surface area contributed by atoms with Crippen molar-refractivity contribution >= 4 is 17.1 Å². The highest BCUT2D eigenvalue weighted by Gasteiger charge is 2.26. The van der Waals surface area contributed by atoms with Crippen molar-refractivity contribution in [1.29, 1.82) is 0 Å². The highest BCUT2D eigenvalue weighted by atomic mass is 32.1. The number of morpholine rings is 1. The minimum Gasteiger partial charge on any atom is -0.394 e. The van der Waals surface area contributed by atoms with E-state index in [4.69, 9.17) is 4.74 Å². The van der Waals surface area contributed by atoms with Gasteiger partial charge in [-0.05, 0) is 26.8 Å². The number of aliphatic hydroxyl groups is 1. The van der Waals surface area contributed by atoms with Crippen LogP contribution in [0.15, 0.2) is 6.07 Å². The Morgan fingerprint density at radius 2 is 2.26 bits per heavy atom. The van der Waals surface area contributed by atoms with Gasteiger partial charge in [0.25, 0.3) is 0 Å². The van der Waals surface area contributed by atoms with Gasteiger partial charge in [-0.2, -0.15) is 0 Å². The van der Waals surface area contributed by atoms with E-state index in [1.807, 2.05) is 26.8 Å². The van der Waals surface area contributed by atoms with Crippen LogP contribution in [0.25, 0.3) is 0 Å². The Morgan fingerprint density at radius 3 is 2.84 bits per heavy atom. The number of aliphatic hydroxyl groups excluding tert-OH is 1. The molecular weight excluding hydrogens is 262 g/mol. The van der Waals surface area contributed by atoms with E-state index in [-0.39, 0.29) is 24.6 Å². The third-order valence-corrected chi connectivity index (χ3v) is 4.28. The minimum absolute atomic E-state index is 0.00557. The van der Waals surface area contributed by atoms with Crippen molar-refractivity contribution in [2.75, 3.05) is 26.2 Å². The lowest BCUT2D eigenvalue weighted by molar-refractivity contribution is -0.0926. The maximum absolute atomic E-state index is 12.3. The number of rotatable bonds is 4. The summed E-state index contributed by atoms with van der Waals surface area (Å²) in [5.41, 5.74) is 0.835. The van der Waals surface area contributed by atoms with Crippen LogP contribution in [0.2, 0.25) is 0 Å². The topological polar surface area (TPSA) is 49.8 Å². The molecule has 0 saturated carbocycles. The Bertz CT molecular complexity index is 458. The zero-order valence-corrected chi connectivity index (χ0v) is 12.5. The van der Waals surface area contributed by atoms with Gasteiger partial charge in [0, 0.05) is 28.4 Å². The molecule has 1 fully saturated rings. The fourth-order valence-electron chi connectivity index (χ4n) is 2.57. The molecule has 0 amide bonds. The number of hydrogen-bond donors (Lipinski definition) is 1. The number of aryl methyl sites for hydroxylation is 2. The fraction of sp³-hybridized carbons (Fsp3) is 0.643. The Kier molecular flexibility index (Phi) is 4.73. The van der Waals surface area contributed by atoms with Crippen LogP contribution in [0.4, 0.5) is 0 Å². The molecular formula is C14H21NO3S. The second-order valence-electron chi connectivity index (χ2n) is 5.20. The van der Waals surface area contributed by atoms with Crippen LogP contribution in [-0.2, 0) is 4.74 Å². The SMILES string of the molecule is Cc1cc(C(=O)CN2CC(C)OC(CO)C2)c(C)s1. The average Bonchev–Trinajstić information content (AvgIpc) is 2.67. The Labute approximate surface area is 118 Å². The molecule has 0 spiro atoms. The summed E-state index contributed by atoms with van der Waals surface area (Å²) in [4.78, 5) is 16.6. The number of hydrogen-bond acceptors (Lipinski definition) is 5. The Morgan fingerprint density at radius 1 is 1.53 bits per heavy atom. The zero-order chi connectivity index (χ0) is 14.0. The first-order valence-electron chi connectivity index (χ1n) is 6.58. The number of carbonyl (C=O) groups is 1. The summed E-state index contributed by atoms with van der Waals surface area (Å²) in [5.74, 6) is 0.160. The average molecular weight is 283 g/mol. The molecule has 2 rings (SSSR count). The van der Waals surface area contributed by atoms with E-state index in [9.17, 15) is 9.90 Å². The van der Waals surface area contributed by atoms with Crippen molar-refractivity contribution in [3.05, 3.63) is 21.4 Å². The third kappa shape index (κ3) is 3.63. The van der Waals surface area contributed by atoms with Gasteiger partial charge >= 0.3 is 0 Å². The molecule has 5 heteroatoms. The molecule has 1 saturated heterocycles. The van der Waals surface area contributed by atoms with E-state index < -0.39 is 0 Å². The van der Waals surface area contributed by atoms with Crippen molar-refractivity contribution in [2.45, 2.75) is 33.0 Å². The van der Waals surface area contributed by atoms with E-state index in [2.05, 4.69) is 4.90 Å². The van der Waals surface area contributed by atoms with Crippen molar-refractivity contribution < 1.29 is 14.6 Å². The lowest BCUT2D eigenvalue weighted by Gasteiger charge is -2.35. The van der Waals surface area contributed by atoms with Crippen LogP contribution in [0.5, 0.6) is 0 Å². The molecule has 0 radical (unpaired) electrons. The predicted octanol–water partition coefficient (Wildman–Crippen LogP) is 1.63.